The maximum absolute atomic E-state index is 13.0. The molecule has 3 amide bonds. The second-order valence-electron chi connectivity index (χ2n) is 8.07. The lowest BCUT2D eigenvalue weighted by atomic mass is 10.0. The van der Waals surface area contributed by atoms with E-state index in [-0.39, 0.29) is 37.5 Å². The van der Waals surface area contributed by atoms with E-state index in [0.29, 0.717) is 11.3 Å². The second kappa shape index (κ2) is 14.4. The van der Waals surface area contributed by atoms with E-state index in [2.05, 4.69) is 16.0 Å². The van der Waals surface area contributed by atoms with Crippen LogP contribution < -0.4 is 21.7 Å². The summed E-state index contributed by atoms with van der Waals surface area (Å²) in [6.07, 6.45) is 2.49. The van der Waals surface area contributed by atoms with Crippen molar-refractivity contribution in [1.29, 1.82) is 0 Å². The van der Waals surface area contributed by atoms with E-state index in [0.717, 1.165) is 0 Å². The topological polar surface area (TPSA) is 171 Å². The molecular weight excluding hydrogens is 448 g/mol. The van der Waals surface area contributed by atoms with Crippen LogP contribution in [0.2, 0.25) is 0 Å². The summed E-state index contributed by atoms with van der Waals surface area (Å²) in [5.41, 5.74) is 6.05. The quantitative estimate of drug-likeness (QED) is 0.219. The van der Waals surface area contributed by atoms with Gasteiger partial charge in [0.25, 0.3) is 0 Å². The highest BCUT2D eigenvalue weighted by molar-refractivity contribution is 7.98. The molecule has 11 heteroatoms. The first-order valence-corrected chi connectivity index (χ1v) is 12.1. The second-order valence-corrected chi connectivity index (χ2v) is 9.05. The fourth-order valence-corrected chi connectivity index (χ4v) is 3.54. The molecule has 0 spiro atoms. The Morgan fingerprint density at radius 1 is 0.970 bits per heavy atom. The van der Waals surface area contributed by atoms with Crippen LogP contribution in [-0.4, -0.2) is 70.6 Å². The number of carboxylic acid groups (broad SMARTS) is 1. The lowest BCUT2D eigenvalue weighted by Gasteiger charge is -2.25. The Balaban J connectivity index is 3.01. The Labute approximate surface area is 198 Å². The van der Waals surface area contributed by atoms with Gasteiger partial charge in [0.2, 0.25) is 17.7 Å². The summed E-state index contributed by atoms with van der Waals surface area (Å²) in [5.74, 6) is -2.21. The highest BCUT2D eigenvalue weighted by Crippen LogP contribution is 2.12. The van der Waals surface area contributed by atoms with Crippen molar-refractivity contribution in [2.75, 3.05) is 18.6 Å². The average Bonchev–Trinajstić information content (AvgIpc) is 2.76. The van der Waals surface area contributed by atoms with Crippen molar-refractivity contribution in [3.63, 3.8) is 0 Å². The third kappa shape index (κ3) is 10.6. The molecule has 1 aromatic rings. The maximum atomic E-state index is 13.0. The predicted octanol–water partition coefficient (Wildman–Crippen LogP) is 0.232. The molecule has 0 heterocycles. The number of benzene rings is 1. The molecule has 7 N–H and O–H groups in total. The van der Waals surface area contributed by atoms with E-state index in [9.17, 15) is 29.4 Å². The van der Waals surface area contributed by atoms with E-state index in [1.165, 1.54) is 23.9 Å². The van der Waals surface area contributed by atoms with E-state index >= 15 is 0 Å². The molecule has 10 nitrogen and oxygen atoms in total. The Kier molecular flexibility index (Phi) is 12.3. The maximum Gasteiger partial charge on any atom is 0.326 e. The largest absolute Gasteiger partial charge is 0.508 e. The van der Waals surface area contributed by atoms with Gasteiger partial charge in [0.15, 0.2) is 0 Å². The highest BCUT2D eigenvalue weighted by Gasteiger charge is 2.29. The van der Waals surface area contributed by atoms with E-state index in [1.807, 2.05) is 20.1 Å². The number of carbonyl (C=O) groups is 4. The number of aliphatic carboxylic acids is 1. The van der Waals surface area contributed by atoms with Crippen LogP contribution in [0.4, 0.5) is 0 Å². The molecule has 0 aliphatic carbocycles. The van der Waals surface area contributed by atoms with Gasteiger partial charge in [0.05, 0.1) is 6.54 Å². The third-order valence-electron chi connectivity index (χ3n) is 4.78. The number of phenols is 1. The number of hydrogen-bond donors (Lipinski definition) is 6. The molecule has 3 unspecified atom stereocenters. The van der Waals surface area contributed by atoms with Crippen LogP contribution in [0.15, 0.2) is 24.3 Å². The smallest absolute Gasteiger partial charge is 0.326 e. The molecule has 0 saturated heterocycles. The highest BCUT2D eigenvalue weighted by atomic mass is 32.2. The summed E-state index contributed by atoms with van der Waals surface area (Å²) in [7, 11) is 0. The van der Waals surface area contributed by atoms with Gasteiger partial charge in [-0.05, 0) is 48.5 Å². The minimum absolute atomic E-state index is 0.0480. The SMILES string of the molecule is CSCCC(NC(=O)C(Cc1ccc(O)cc1)NC(=O)CN)C(=O)NC(CC(C)C)C(=O)O. The molecule has 1 rings (SSSR count). The molecule has 0 radical (unpaired) electrons. The zero-order valence-electron chi connectivity index (χ0n) is 19.2. The Bertz CT molecular complexity index is 803. The monoisotopic (exact) mass is 482 g/mol. The summed E-state index contributed by atoms with van der Waals surface area (Å²) in [6, 6.07) is 3.10. The lowest BCUT2D eigenvalue weighted by molar-refractivity contribution is -0.142. The Morgan fingerprint density at radius 2 is 1.55 bits per heavy atom. The van der Waals surface area contributed by atoms with Crippen molar-refractivity contribution in [3.05, 3.63) is 29.8 Å². The van der Waals surface area contributed by atoms with Crippen molar-refractivity contribution < 1.29 is 29.4 Å². The van der Waals surface area contributed by atoms with Crippen LogP contribution in [0.5, 0.6) is 5.75 Å². The number of aromatic hydroxyl groups is 1. The average molecular weight is 483 g/mol. The molecule has 3 atom stereocenters. The number of rotatable bonds is 14. The first-order valence-electron chi connectivity index (χ1n) is 10.7. The molecule has 33 heavy (non-hydrogen) atoms. The fourth-order valence-electron chi connectivity index (χ4n) is 3.07. The van der Waals surface area contributed by atoms with E-state index in [4.69, 9.17) is 5.73 Å². The predicted molar refractivity (Wildman–Crippen MR) is 127 cm³/mol. The number of nitrogens with two attached hydrogens (primary N) is 1. The van der Waals surface area contributed by atoms with Crippen molar-refractivity contribution in [2.24, 2.45) is 11.7 Å². The number of hydrogen-bond acceptors (Lipinski definition) is 7. The van der Waals surface area contributed by atoms with Gasteiger partial charge in [0.1, 0.15) is 23.9 Å². The molecule has 0 bridgehead atoms. The molecule has 0 saturated carbocycles. The van der Waals surface area contributed by atoms with Gasteiger partial charge in [-0.25, -0.2) is 4.79 Å². The van der Waals surface area contributed by atoms with Crippen LogP contribution in [0.1, 0.15) is 32.3 Å². The van der Waals surface area contributed by atoms with Crippen LogP contribution >= 0.6 is 11.8 Å². The first-order chi connectivity index (χ1) is 15.6. The zero-order valence-corrected chi connectivity index (χ0v) is 20.0. The summed E-state index contributed by atoms with van der Waals surface area (Å²) in [4.78, 5) is 49.3. The number of carbonyl (C=O) groups excluding carboxylic acids is 3. The van der Waals surface area contributed by atoms with Gasteiger partial charge in [-0.15, -0.1) is 0 Å². The molecule has 1 aromatic carbocycles. The van der Waals surface area contributed by atoms with Gasteiger partial charge in [0, 0.05) is 6.42 Å². The van der Waals surface area contributed by atoms with Gasteiger partial charge < -0.3 is 31.9 Å². The first kappa shape index (κ1) is 28.2. The van der Waals surface area contributed by atoms with Gasteiger partial charge in [-0.1, -0.05) is 26.0 Å². The van der Waals surface area contributed by atoms with Crippen molar-refractivity contribution in [2.45, 2.75) is 51.2 Å². The van der Waals surface area contributed by atoms with Crippen LogP contribution in [0.25, 0.3) is 0 Å². The van der Waals surface area contributed by atoms with Crippen LogP contribution in [0.3, 0.4) is 0 Å². The van der Waals surface area contributed by atoms with Gasteiger partial charge >= 0.3 is 5.97 Å². The molecule has 0 aliphatic rings. The van der Waals surface area contributed by atoms with Gasteiger partial charge in [-0.3, -0.25) is 14.4 Å². The summed E-state index contributed by atoms with van der Waals surface area (Å²) in [6.45, 7) is 3.39. The Morgan fingerprint density at radius 3 is 2.06 bits per heavy atom. The molecule has 184 valence electrons. The van der Waals surface area contributed by atoms with Crippen molar-refractivity contribution in [1.82, 2.24) is 16.0 Å². The summed E-state index contributed by atoms with van der Waals surface area (Å²) in [5, 5.41) is 26.6. The number of phenolic OH excluding ortho intramolecular Hbond substituents is 1. The number of carboxylic acids is 1. The minimum atomic E-state index is -1.15. The molecule has 0 fully saturated rings. The normalized spacial score (nSPS) is 13.6. The molecule has 0 aromatic heterocycles. The summed E-state index contributed by atoms with van der Waals surface area (Å²) < 4.78 is 0. The van der Waals surface area contributed by atoms with Crippen molar-refractivity contribution >= 4 is 35.5 Å². The number of amides is 3. The number of thioether (sulfide) groups is 1. The fraction of sp³-hybridized carbons (Fsp3) is 0.545. The van der Waals surface area contributed by atoms with E-state index in [1.54, 1.807) is 12.1 Å². The van der Waals surface area contributed by atoms with E-state index < -0.39 is 41.8 Å². The molecule has 0 aliphatic heterocycles. The third-order valence-corrected chi connectivity index (χ3v) is 5.42. The lowest BCUT2D eigenvalue weighted by Crippen LogP contribution is -2.57. The van der Waals surface area contributed by atoms with Crippen LogP contribution in [-0.2, 0) is 25.6 Å². The minimum Gasteiger partial charge on any atom is -0.508 e. The number of nitrogens with one attached hydrogen (secondary N) is 3. The summed E-state index contributed by atoms with van der Waals surface area (Å²) >= 11 is 1.48. The Hall–Kier alpha value is -2.79. The van der Waals surface area contributed by atoms with Gasteiger partial charge in [-0.2, -0.15) is 11.8 Å². The van der Waals surface area contributed by atoms with Crippen molar-refractivity contribution in [3.8, 4) is 5.75 Å². The standard InChI is InChI=1S/C22H34N4O6S/c1-13(2)10-18(22(31)32)26-20(29)16(8-9-33-3)25-21(30)17(24-19(28)12-23)11-14-4-6-15(27)7-5-14/h4-7,13,16-18,27H,8-12,23H2,1-3H3,(H,24,28)(H,25,30)(H,26,29)(H,31,32). The molecular formula is C22H34N4O6S. The van der Waals surface area contributed by atoms with Crippen LogP contribution in [0, 0.1) is 5.92 Å². The zero-order chi connectivity index (χ0) is 25.0.